The number of hydrogen-bond acceptors (Lipinski definition) is 1. The highest BCUT2D eigenvalue weighted by atomic mass is 14.2. The Kier molecular flexibility index (Phi) is 6.31. The van der Waals surface area contributed by atoms with Gasteiger partial charge in [-0.25, -0.2) is 0 Å². The number of nitriles is 1. The third-order valence-corrected chi connectivity index (χ3v) is 10.4. The Balaban J connectivity index is 1.33. The maximum Gasteiger partial charge on any atom is 0.0991 e. The lowest BCUT2D eigenvalue weighted by atomic mass is 9.86. The van der Waals surface area contributed by atoms with E-state index < -0.39 is 0 Å². The lowest BCUT2D eigenvalue weighted by Gasteiger charge is -2.17. The summed E-state index contributed by atoms with van der Waals surface area (Å²) in [7, 11) is 0. The van der Waals surface area contributed by atoms with Crippen LogP contribution in [0.2, 0.25) is 0 Å². The summed E-state index contributed by atoms with van der Waals surface area (Å²) in [5.74, 6) is 0. The molecule has 10 rings (SSSR count). The van der Waals surface area contributed by atoms with Gasteiger partial charge in [-0.1, -0.05) is 133 Å². The molecule has 0 atom stereocenters. The minimum absolute atomic E-state index is 0.653. The summed E-state index contributed by atoms with van der Waals surface area (Å²) in [4.78, 5) is 0. The first kappa shape index (κ1) is 28.3. The molecular weight excluding hydrogens is 603 g/mol. The van der Waals surface area contributed by atoms with E-state index in [-0.39, 0.29) is 0 Å². The van der Waals surface area contributed by atoms with E-state index in [1.54, 1.807) is 0 Å². The van der Waals surface area contributed by atoms with Crippen molar-refractivity contribution in [2.24, 2.45) is 0 Å². The molecule has 10 aromatic carbocycles. The van der Waals surface area contributed by atoms with Gasteiger partial charge in [-0.2, -0.15) is 5.26 Å². The Morgan fingerprint density at radius 3 is 1.24 bits per heavy atom. The zero-order chi connectivity index (χ0) is 33.2. The molecule has 0 radical (unpaired) electrons. The number of fused-ring (bicyclic) bond motifs is 10. The second-order valence-corrected chi connectivity index (χ2v) is 13.2. The standard InChI is InChI=1S/C49H29N/c50-30-31-10-9-13-34(24-31)35-25-36(46-28-48-38-14-3-1-11-32(38)20-22-44(48)40-16-5-7-18-42(40)46)27-37(26-35)47-29-49-39-15-4-2-12-33(39)21-23-45(49)41-17-6-8-19-43(41)47/h1-29H. The normalized spacial score (nSPS) is 11.6. The molecule has 0 unspecified atom stereocenters. The number of nitrogens with zero attached hydrogens (tertiary/aromatic N) is 1. The van der Waals surface area contributed by atoms with Crippen LogP contribution in [0.3, 0.4) is 0 Å². The van der Waals surface area contributed by atoms with Gasteiger partial charge < -0.3 is 0 Å². The third-order valence-electron chi connectivity index (χ3n) is 10.4. The van der Waals surface area contributed by atoms with Gasteiger partial charge in [0.05, 0.1) is 11.6 Å². The van der Waals surface area contributed by atoms with Gasteiger partial charge in [0.15, 0.2) is 0 Å². The fourth-order valence-electron chi connectivity index (χ4n) is 8.07. The van der Waals surface area contributed by atoms with Crippen molar-refractivity contribution in [2.75, 3.05) is 0 Å². The summed E-state index contributed by atoms with van der Waals surface area (Å²) in [6, 6.07) is 66.0. The van der Waals surface area contributed by atoms with Crippen LogP contribution in [0.1, 0.15) is 5.56 Å². The average Bonchev–Trinajstić information content (AvgIpc) is 3.19. The Labute approximate surface area is 289 Å². The molecule has 0 bridgehead atoms. The number of hydrogen-bond donors (Lipinski definition) is 0. The van der Waals surface area contributed by atoms with Gasteiger partial charge in [0.2, 0.25) is 0 Å². The third kappa shape index (κ3) is 4.40. The first-order valence-electron chi connectivity index (χ1n) is 17.1. The predicted octanol–water partition coefficient (Wildman–Crippen LogP) is 13.5. The fraction of sp³-hybridized carbons (Fsp3) is 0. The molecule has 0 saturated heterocycles. The first-order valence-corrected chi connectivity index (χ1v) is 17.1. The molecule has 50 heavy (non-hydrogen) atoms. The SMILES string of the molecule is N#Cc1cccc(-c2cc(-c3cc4c5ccccc5ccc4c4ccccc34)cc(-c3cc4c5ccccc5ccc4c4ccccc34)c2)c1. The second-order valence-electron chi connectivity index (χ2n) is 13.2. The molecule has 0 amide bonds. The van der Waals surface area contributed by atoms with E-state index in [0.717, 1.165) is 22.3 Å². The lowest BCUT2D eigenvalue weighted by molar-refractivity contribution is 1.48. The molecule has 1 nitrogen and oxygen atoms in total. The van der Waals surface area contributed by atoms with Crippen LogP contribution in [0.15, 0.2) is 176 Å². The zero-order valence-electron chi connectivity index (χ0n) is 27.2. The number of benzene rings is 10. The maximum absolute atomic E-state index is 9.84. The van der Waals surface area contributed by atoms with Gasteiger partial charge in [0, 0.05) is 0 Å². The van der Waals surface area contributed by atoms with Crippen LogP contribution < -0.4 is 0 Å². The minimum Gasteiger partial charge on any atom is -0.192 e. The Bertz CT molecular complexity index is 2870. The zero-order valence-corrected chi connectivity index (χ0v) is 27.2. The smallest absolute Gasteiger partial charge is 0.0991 e. The minimum atomic E-state index is 0.653. The van der Waals surface area contributed by atoms with E-state index in [2.05, 4.69) is 164 Å². The van der Waals surface area contributed by atoms with Crippen molar-refractivity contribution in [3.05, 3.63) is 181 Å². The molecule has 0 N–H and O–H groups in total. The second kappa shape index (κ2) is 11.2. The van der Waals surface area contributed by atoms with Crippen molar-refractivity contribution in [1.82, 2.24) is 0 Å². The molecule has 0 saturated carbocycles. The van der Waals surface area contributed by atoms with E-state index in [9.17, 15) is 5.26 Å². The van der Waals surface area contributed by atoms with Gasteiger partial charge >= 0.3 is 0 Å². The van der Waals surface area contributed by atoms with E-state index in [4.69, 9.17) is 0 Å². The monoisotopic (exact) mass is 631 g/mol. The molecule has 0 aliphatic heterocycles. The van der Waals surface area contributed by atoms with Crippen molar-refractivity contribution in [2.45, 2.75) is 0 Å². The topological polar surface area (TPSA) is 23.8 Å². The molecule has 1 heteroatoms. The van der Waals surface area contributed by atoms with Crippen molar-refractivity contribution in [3.63, 3.8) is 0 Å². The van der Waals surface area contributed by atoms with Crippen LogP contribution in [-0.4, -0.2) is 0 Å². The lowest BCUT2D eigenvalue weighted by Crippen LogP contribution is -1.91. The van der Waals surface area contributed by atoms with E-state index in [1.807, 2.05) is 18.2 Å². The van der Waals surface area contributed by atoms with Crippen LogP contribution in [0.4, 0.5) is 0 Å². The molecular formula is C49H29N. The summed E-state index contributed by atoms with van der Waals surface area (Å²) < 4.78 is 0. The Morgan fingerprint density at radius 1 is 0.280 bits per heavy atom. The molecule has 0 spiro atoms. The quantitative estimate of drug-likeness (QED) is 0.178. The molecule has 0 heterocycles. The van der Waals surface area contributed by atoms with Gasteiger partial charge in [-0.3, -0.25) is 0 Å². The van der Waals surface area contributed by atoms with Crippen molar-refractivity contribution < 1.29 is 0 Å². The summed E-state index contributed by atoms with van der Waals surface area (Å²) in [6.07, 6.45) is 0. The fourth-order valence-corrected chi connectivity index (χ4v) is 8.07. The summed E-state index contributed by atoms with van der Waals surface area (Å²) in [5, 5.41) is 24.7. The van der Waals surface area contributed by atoms with E-state index >= 15 is 0 Å². The van der Waals surface area contributed by atoms with E-state index in [1.165, 1.54) is 75.8 Å². The summed E-state index contributed by atoms with van der Waals surface area (Å²) >= 11 is 0. The molecule has 10 aromatic rings. The Hall–Kier alpha value is -6.75. The molecule has 0 aliphatic carbocycles. The highest BCUT2D eigenvalue weighted by molar-refractivity contribution is 6.23. The molecule has 0 aromatic heterocycles. The molecule has 0 aliphatic rings. The molecule has 0 fully saturated rings. The van der Waals surface area contributed by atoms with Crippen molar-refractivity contribution in [3.8, 4) is 39.4 Å². The summed E-state index contributed by atoms with van der Waals surface area (Å²) in [5.41, 5.74) is 7.44. The van der Waals surface area contributed by atoms with Crippen LogP contribution in [-0.2, 0) is 0 Å². The van der Waals surface area contributed by atoms with E-state index in [0.29, 0.717) is 5.56 Å². The molecule has 230 valence electrons. The van der Waals surface area contributed by atoms with Gasteiger partial charge in [0.25, 0.3) is 0 Å². The number of rotatable bonds is 3. The summed E-state index contributed by atoms with van der Waals surface area (Å²) in [6.45, 7) is 0. The van der Waals surface area contributed by atoms with Crippen molar-refractivity contribution >= 4 is 64.6 Å². The average molecular weight is 632 g/mol. The van der Waals surface area contributed by atoms with Gasteiger partial charge in [-0.05, 0) is 140 Å². The van der Waals surface area contributed by atoms with Gasteiger partial charge in [-0.15, -0.1) is 0 Å². The van der Waals surface area contributed by atoms with Crippen LogP contribution >= 0.6 is 0 Å². The van der Waals surface area contributed by atoms with Crippen LogP contribution in [0.25, 0.3) is 98.0 Å². The van der Waals surface area contributed by atoms with Crippen molar-refractivity contribution in [1.29, 1.82) is 5.26 Å². The van der Waals surface area contributed by atoms with Gasteiger partial charge in [0.1, 0.15) is 0 Å². The Morgan fingerprint density at radius 2 is 0.720 bits per heavy atom. The van der Waals surface area contributed by atoms with Crippen LogP contribution in [0.5, 0.6) is 0 Å². The predicted molar refractivity (Wildman–Crippen MR) is 213 cm³/mol. The maximum atomic E-state index is 9.84. The first-order chi connectivity index (χ1) is 24.7. The van der Waals surface area contributed by atoms with Crippen LogP contribution in [0, 0.1) is 11.3 Å². The highest BCUT2D eigenvalue weighted by Gasteiger charge is 2.16. The largest absolute Gasteiger partial charge is 0.192 e. The highest BCUT2D eigenvalue weighted by Crippen LogP contribution is 2.43.